The first-order valence-corrected chi connectivity index (χ1v) is 8.07. The smallest absolute Gasteiger partial charge is 0.274 e. The van der Waals surface area contributed by atoms with E-state index in [1.807, 2.05) is 24.3 Å². The molecule has 0 saturated heterocycles. The third-order valence-electron chi connectivity index (χ3n) is 4.42. The van der Waals surface area contributed by atoms with Crippen molar-refractivity contribution in [1.82, 2.24) is 5.48 Å². The molecule has 0 radical (unpaired) electrons. The van der Waals surface area contributed by atoms with E-state index in [9.17, 15) is 4.79 Å². The Bertz CT molecular complexity index is 715. The fourth-order valence-electron chi connectivity index (χ4n) is 3.15. The van der Waals surface area contributed by atoms with Crippen LogP contribution >= 0.6 is 11.6 Å². The highest BCUT2D eigenvalue weighted by Crippen LogP contribution is 2.35. The van der Waals surface area contributed by atoms with Crippen LogP contribution in [0, 0.1) is 0 Å². The van der Waals surface area contributed by atoms with Gasteiger partial charge in [-0.3, -0.25) is 10.0 Å². The number of fused-ring (bicyclic) bond motifs is 1. The average Bonchev–Trinajstić information content (AvgIpc) is 2.59. The Morgan fingerprint density at radius 2 is 2.00 bits per heavy atom. The summed E-state index contributed by atoms with van der Waals surface area (Å²) in [6.45, 7) is 3.15. The monoisotopic (exact) mass is 330 g/mol. The number of amides is 1. The summed E-state index contributed by atoms with van der Waals surface area (Å²) in [6.07, 6.45) is 2.15. The highest BCUT2D eigenvalue weighted by atomic mass is 35.5. The molecule has 3 rings (SSSR count). The van der Waals surface area contributed by atoms with Crippen LogP contribution in [0.5, 0.6) is 0 Å². The van der Waals surface area contributed by atoms with Crippen molar-refractivity contribution in [2.75, 3.05) is 11.4 Å². The van der Waals surface area contributed by atoms with Crippen molar-refractivity contribution >= 4 is 23.2 Å². The number of rotatable bonds is 3. The lowest BCUT2D eigenvalue weighted by atomic mass is 9.97. The fraction of sp³-hybridized carbons (Fsp3) is 0.278. The van der Waals surface area contributed by atoms with E-state index in [0.717, 1.165) is 30.0 Å². The van der Waals surface area contributed by atoms with Crippen LogP contribution in [0.15, 0.2) is 42.5 Å². The third kappa shape index (κ3) is 3.19. The van der Waals surface area contributed by atoms with Gasteiger partial charge < -0.3 is 4.90 Å². The zero-order chi connectivity index (χ0) is 16.4. The van der Waals surface area contributed by atoms with Crippen LogP contribution in [-0.2, 0) is 6.42 Å². The Kier molecular flexibility index (Phi) is 4.55. The molecule has 120 valence electrons. The summed E-state index contributed by atoms with van der Waals surface area (Å²) >= 11 is 6.10. The lowest BCUT2D eigenvalue weighted by Crippen LogP contribution is -2.32. The summed E-state index contributed by atoms with van der Waals surface area (Å²) < 4.78 is 0. The molecule has 1 unspecified atom stereocenters. The Morgan fingerprint density at radius 1 is 1.26 bits per heavy atom. The van der Waals surface area contributed by atoms with Crippen molar-refractivity contribution in [3.8, 4) is 0 Å². The first-order chi connectivity index (χ1) is 11.1. The fourth-order valence-corrected chi connectivity index (χ4v) is 3.35. The van der Waals surface area contributed by atoms with Crippen LogP contribution in [-0.4, -0.2) is 17.7 Å². The van der Waals surface area contributed by atoms with Gasteiger partial charge in [0.1, 0.15) is 0 Å². The van der Waals surface area contributed by atoms with E-state index in [-0.39, 0.29) is 6.04 Å². The molecule has 0 aromatic heterocycles. The second kappa shape index (κ2) is 6.60. The highest BCUT2D eigenvalue weighted by molar-refractivity contribution is 6.30. The van der Waals surface area contributed by atoms with Crippen molar-refractivity contribution in [2.24, 2.45) is 0 Å². The molecule has 1 aliphatic rings. The summed E-state index contributed by atoms with van der Waals surface area (Å²) in [6, 6.07) is 13.6. The molecule has 1 aliphatic heterocycles. The van der Waals surface area contributed by atoms with Gasteiger partial charge in [-0.05, 0) is 61.2 Å². The van der Waals surface area contributed by atoms with Gasteiger partial charge in [0.15, 0.2) is 0 Å². The normalized spacial score (nSPS) is 15.0. The number of benzene rings is 2. The molecule has 1 atom stereocenters. The number of carbonyl (C=O) groups is 1. The third-order valence-corrected chi connectivity index (χ3v) is 4.66. The number of hydrogen-bond donors (Lipinski definition) is 2. The van der Waals surface area contributed by atoms with Crippen molar-refractivity contribution in [2.45, 2.75) is 25.8 Å². The summed E-state index contributed by atoms with van der Waals surface area (Å²) in [7, 11) is 0. The first-order valence-electron chi connectivity index (χ1n) is 7.69. The zero-order valence-corrected chi connectivity index (χ0v) is 13.7. The maximum atomic E-state index is 11.4. The maximum absolute atomic E-state index is 11.4. The summed E-state index contributed by atoms with van der Waals surface area (Å²) in [5.74, 6) is -0.498. The minimum atomic E-state index is -0.498. The van der Waals surface area contributed by atoms with Gasteiger partial charge in [0, 0.05) is 22.8 Å². The van der Waals surface area contributed by atoms with Gasteiger partial charge >= 0.3 is 0 Å². The number of anilines is 1. The van der Waals surface area contributed by atoms with Crippen molar-refractivity contribution in [1.29, 1.82) is 0 Å². The average molecular weight is 331 g/mol. The number of carbonyl (C=O) groups excluding carboxylic acids is 1. The Morgan fingerprint density at radius 3 is 2.70 bits per heavy atom. The Balaban J connectivity index is 1.87. The van der Waals surface area contributed by atoms with E-state index in [0.29, 0.717) is 5.56 Å². The molecule has 0 bridgehead atoms. The second-order valence-electron chi connectivity index (χ2n) is 5.81. The molecule has 2 N–H and O–H groups in total. The minimum absolute atomic E-state index is 0.196. The van der Waals surface area contributed by atoms with Gasteiger partial charge in [0.05, 0.1) is 6.04 Å². The molecule has 0 aliphatic carbocycles. The number of hydroxylamine groups is 1. The lowest BCUT2D eigenvalue weighted by Gasteiger charge is -2.36. The molecule has 5 heteroatoms. The standard InChI is InChI=1S/C18H19ClN2O2/c1-12(13-4-6-14(7-5-13)18(22)20-23)21-10-2-3-15-11-16(19)8-9-17(15)21/h4-9,11-12,23H,2-3,10H2,1H3,(H,20,22). The van der Waals surface area contributed by atoms with Crippen LogP contribution in [0.1, 0.15) is 40.9 Å². The molecular formula is C18H19ClN2O2. The van der Waals surface area contributed by atoms with Crippen LogP contribution in [0.4, 0.5) is 5.69 Å². The molecule has 4 nitrogen and oxygen atoms in total. The van der Waals surface area contributed by atoms with E-state index in [2.05, 4.69) is 17.9 Å². The number of nitrogens with one attached hydrogen (secondary N) is 1. The van der Waals surface area contributed by atoms with Crippen LogP contribution in [0.2, 0.25) is 5.02 Å². The van der Waals surface area contributed by atoms with Gasteiger partial charge in [0.25, 0.3) is 5.91 Å². The van der Waals surface area contributed by atoms with Gasteiger partial charge in [0.2, 0.25) is 0 Å². The van der Waals surface area contributed by atoms with Crippen LogP contribution < -0.4 is 10.4 Å². The number of hydrogen-bond acceptors (Lipinski definition) is 3. The summed E-state index contributed by atoms with van der Waals surface area (Å²) in [5, 5.41) is 9.46. The molecule has 0 spiro atoms. The lowest BCUT2D eigenvalue weighted by molar-refractivity contribution is 0.0706. The van der Waals surface area contributed by atoms with E-state index in [1.54, 1.807) is 17.6 Å². The Labute approximate surface area is 140 Å². The predicted octanol–water partition coefficient (Wildman–Crippen LogP) is 3.97. The van der Waals surface area contributed by atoms with Gasteiger partial charge in [-0.25, -0.2) is 5.48 Å². The van der Waals surface area contributed by atoms with Gasteiger partial charge in [-0.1, -0.05) is 23.7 Å². The molecule has 1 amide bonds. The molecule has 0 saturated carbocycles. The van der Waals surface area contributed by atoms with E-state index < -0.39 is 5.91 Å². The van der Waals surface area contributed by atoms with Gasteiger partial charge in [-0.15, -0.1) is 0 Å². The summed E-state index contributed by atoms with van der Waals surface area (Å²) in [4.78, 5) is 13.8. The van der Waals surface area contributed by atoms with E-state index in [1.165, 1.54) is 11.3 Å². The molecule has 2 aromatic carbocycles. The van der Waals surface area contributed by atoms with E-state index >= 15 is 0 Å². The van der Waals surface area contributed by atoms with Crippen molar-refractivity contribution < 1.29 is 10.0 Å². The van der Waals surface area contributed by atoms with Gasteiger partial charge in [-0.2, -0.15) is 0 Å². The summed E-state index contributed by atoms with van der Waals surface area (Å²) in [5.41, 5.74) is 5.73. The number of halogens is 1. The molecule has 0 fully saturated rings. The molecule has 1 heterocycles. The molecule has 2 aromatic rings. The molecule has 23 heavy (non-hydrogen) atoms. The first kappa shape index (κ1) is 15.8. The van der Waals surface area contributed by atoms with E-state index in [4.69, 9.17) is 16.8 Å². The maximum Gasteiger partial charge on any atom is 0.274 e. The largest absolute Gasteiger partial charge is 0.365 e. The van der Waals surface area contributed by atoms with Crippen LogP contribution in [0.25, 0.3) is 0 Å². The van der Waals surface area contributed by atoms with Crippen molar-refractivity contribution in [3.05, 3.63) is 64.2 Å². The quantitative estimate of drug-likeness (QED) is 0.661. The SMILES string of the molecule is CC(c1ccc(C(=O)NO)cc1)N1CCCc2cc(Cl)ccc21. The Hall–Kier alpha value is -2.04. The van der Waals surface area contributed by atoms with Crippen molar-refractivity contribution in [3.63, 3.8) is 0 Å². The zero-order valence-electron chi connectivity index (χ0n) is 12.9. The molecular weight excluding hydrogens is 312 g/mol. The highest BCUT2D eigenvalue weighted by Gasteiger charge is 2.22. The number of nitrogens with zero attached hydrogens (tertiary/aromatic N) is 1. The minimum Gasteiger partial charge on any atom is -0.365 e. The predicted molar refractivity (Wildman–Crippen MR) is 91.2 cm³/mol. The topological polar surface area (TPSA) is 52.6 Å². The number of aryl methyl sites for hydroxylation is 1. The second-order valence-corrected chi connectivity index (χ2v) is 6.25. The van der Waals surface area contributed by atoms with Crippen LogP contribution in [0.3, 0.4) is 0 Å².